The third kappa shape index (κ3) is 10.7. The fourth-order valence-corrected chi connectivity index (χ4v) is 2.27. The fourth-order valence-electron chi connectivity index (χ4n) is 0.987. The SMILES string of the molecule is C=CCOS(=O)(=O)CCOC(C#CC)CS(=O)(=O)O. The van der Waals surface area contributed by atoms with E-state index in [0.29, 0.717) is 0 Å². The van der Waals surface area contributed by atoms with Crippen molar-refractivity contribution in [1.82, 2.24) is 0 Å². The molecule has 110 valence electrons. The summed E-state index contributed by atoms with van der Waals surface area (Å²) in [7, 11) is -8.00. The summed E-state index contributed by atoms with van der Waals surface area (Å²) in [6.07, 6.45) is 0.192. The maximum Gasteiger partial charge on any atom is 0.269 e. The van der Waals surface area contributed by atoms with Crippen LogP contribution in [0.1, 0.15) is 6.92 Å². The van der Waals surface area contributed by atoms with Crippen molar-refractivity contribution in [1.29, 1.82) is 0 Å². The molecule has 0 aliphatic heterocycles. The summed E-state index contributed by atoms with van der Waals surface area (Å²) in [6.45, 7) is 4.32. The Morgan fingerprint density at radius 3 is 2.47 bits per heavy atom. The molecule has 0 heterocycles. The highest BCUT2D eigenvalue weighted by molar-refractivity contribution is 7.86. The van der Waals surface area contributed by atoms with Crippen LogP contribution in [-0.2, 0) is 29.2 Å². The standard InChI is InChI=1S/C10H16O7S2/c1-3-5-10(9-18(11,12)13)16-7-8-19(14,15)17-6-4-2/h4,10H,2,6-9H2,1H3,(H,11,12,13). The molecule has 9 heteroatoms. The van der Waals surface area contributed by atoms with Gasteiger partial charge in [0.15, 0.2) is 0 Å². The Morgan fingerprint density at radius 2 is 2.00 bits per heavy atom. The maximum absolute atomic E-state index is 11.3. The van der Waals surface area contributed by atoms with Crippen LogP contribution in [0.5, 0.6) is 0 Å². The second-order valence-corrected chi connectivity index (χ2v) is 6.59. The summed E-state index contributed by atoms with van der Waals surface area (Å²) in [5.41, 5.74) is 0. The van der Waals surface area contributed by atoms with Gasteiger partial charge in [-0.25, -0.2) is 0 Å². The van der Waals surface area contributed by atoms with Crippen LogP contribution in [0.3, 0.4) is 0 Å². The number of rotatable bonds is 9. The second kappa shape index (κ2) is 8.29. The normalized spacial score (nSPS) is 13.4. The topological polar surface area (TPSA) is 107 Å². The van der Waals surface area contributed by atoms with E-state index in [2.05, 4.69) is 22.6 Å². The van der Waals surface area contributed by atoms with Gasteiger partial charge in [0.1, 0.15) is 11.9 Å². The van der Waals surface area contributed by atoms with E-state index in [0.717, 1.165) is 0 Å². The van der Waals surface area contributed by atoms with Gasteiger partial charge in [-0.15, -0.1) is 12.5 Å². The summed E-state index contributed by atoms with van der Waals surface area (Å²) in [5.74, 6) is 3.66. The van der Waals surface area contributed by atoms with Gasteiger partial charge in [-0.1, -0.05) is 12.0 Å². The highest BCUT2D eigenvalue weighted by Gasteiger charge is 2.17. The van der Waals surface area contributed by atoms with Crippen molar-refractivity contribution >= 4 is 20.2 Å². The minimum Gasteiger partial charge on any atom is -0.363 e. The van der Waals surface area contributed by atoms with Crippen molar-refractivity contribution in [3.8, 4) is 11.8 Å². The predicted molar refractivity (Wildman–Crippen MR) is 69.5 cm³/mol. The van der Waals surface area contributed by atoms with Gasteiger partial charge in [0, 0.05) is 0 Å². The Kier molecular flexibility index (Phi) is 7.89. The van der Waals surface area contributed by atoms with E-state index < -0.39 is 37.8 Å². The van der Waals surface area contributed by atoms with E-state index in [1.165, 1.54) is 13.0 Å². The maximum atomic E-state index is 11.3. The smallest absolute Gasteiger partial charge is 0.269 e. The minimum atomic E-state index is -4.25. The lowest BCUT2D eigenvalue weighted by atomic mass is 10.4. The highest BCUT2D eigenvalue weighted by atomic mass is 32.2. The van der Waals surface area contributed by atoms with Crippen LogP contribution in [0, 0.1) is 11.8 Å². The molecular formula is C10H16O7S2. The lowest BCUT2D eigenvalue weighted by molar-refractivity contribution is 0.116. The predicted octanol–water partition coefficient (Wildman–Crippen LogP) is -0.185. The van der Waals surface area contributed by atoms with Gasteiger partial charge < -0.3 is 4.74 Å². The molecule has 0 bridgehead atoms. The van der Waals surface area contributed by atoms with Gasteiger partial charge >= 0.3 is 0 Å². The van der Waals surface area contributed by atoms with Crippen LogP contribution < -0.4 is 0 Å². The Labute approximate surface area is 113 Å². The van der Waals surface area contributed by atoms with E-state index in [9.17, 15) is 16.8 Å². The monoisotopic (exact) mass is 312 g/mol. The van der Waals surface area contributed by atoms with Crippen LogP contribution in [0.15, 0.2) is 12.7 Å². The molecule has 19 heavy (non-hydrogen) atoms. The van der Waals surface area contributed by atoms with Gasteiger partial charge in [-0.05, 0) is 6.92 Å². The number of ether oxygens (including phenoxy) is 1. The van der Waals surface area contributed by atoms with Crippen molar-refractivity contribution < 1.29 is 30.3 Å². The van der Waals surface area contributed by atoms with Gasteiger partial charge in [0.25, 0.3) is 20.2 Å². The van der Waals surface area contributed by atoms with E-state index in [4.69, 9.17) is 9.29 Å². The second-order valence-electron chi connectivity index (χ2n) is 3.34. The largest absolute Gasteiger partial charge is 0.363 e. The van der Waals surface area contributed by atoms with Crippen molar-refractivity contribution in [3.05, 3.63) is 12.7 Å². The average molecular weight is 312 g/mol. The third-order valence-electron chi connectivity index (χ3n) is 1.69. The Bertz CT molecular complexity index is 536. The zero-order valence-electron chi connectivity index (χ0n) is 10.4. The molecule has 1 N–H and O–H groups in total. The average Bonchev–Trinajstić information content (AvgIpc) is 2.24. The first-order chi connectivity index (χ1) is 8.70. The van der Waals surface area contributed by atoms with E-state index in [-0.39, 0.29) is 13.2 Å². The lowest BCUT2D eigenvalue weighted by Gasteiger charge is -2.10. The van der Waals surface area contributed by atoms with Crippen LogP contribution in [0.4, 0.5) is 0 Å². The Morgan fingerprint density at radius 1 is 1.37 bits per heavy atom. The van der Waals surface area contributed by atoms with Crippen LogP contribution in [-0.4, -0.2) is 52.2 Å². The molecule has 1 atom stereocenters. The summed E-state index contributed by atoms with van der Waals surface area (Å²) < 4.78 is 62.0. The molecule has 7 nitrogen and oxygen atoms in total. The highest BCUT2D eigenvalue weighted by Crippen LogP contribution is 1.99. The first-order valence-electron chi connectivity index (χ1n) is 5.17. The lowest BCUT2D eigenvalue weighted by Crippen LogP contribution is -2.25. The van der Waals surface area contributed by atoms with Crippen molar-refractivity contribution in [2.75, 3.05) is 24.7 Å². The molecule has 0 radical (unpaired) electrons. The van der Waals surface area contributed by atoms with Crippen LogP contribution >= 0.6 is 0 Å². The Balaban J connectivity index is 4.34. The molecule has 0 aromatic carbocycles. The minimum absolute atomic E-state index is 0.147. The zero-order chi connectivity index (χ0) is 14.9. The van der Waals surface area contributed by atoms with Crippen molar-refractivity contribution in [2.24, 2.45) is 0 Å². The third-order valence-corrected chi connectivity index (χ3v) is 3.57. The van der Waals surface area contributed by atoms with Gasteiger partial charge in [-0.3, -0.25) is 8.74 Å². The summed E-state index contributed by atoms with van der Waals surface area (Å²) in [4.78, 5) is 0. The van der Waals surface area contributed by atoms with Gasteiger partial charge in [0.2, 0.25) is 0 Å². The molecule has 0 aliphatic carbocycles. The zero-order valence-corrected chi connectivity index (χ0v) is 12.0. The molecule has 0 saturated heterocycles. The molecule has 0 fully saturated rings. The van der Waals surface area contributed by atoms with E-state index >= 15 is 0 Å². The number of hydrogen-bond acceptors (Lipinski definition) is 6. The molecule has 0 amide bonds. The molecule has 0 aromatic heterocycles. The van der Waals surface area contributed by atoms with E-state index in [1.807, 2.05) is 0 Å². The molecule has 0 aromatic rings. The van der Waals surface area contributed by atoms with Crippen molar-refractivity contribution in [3.63, 3.8) is 0 Å². The molecule has 0 spiro atoms. The molecule has 0 rings (SSSR count). The van der Waals surface area contributed by atoms with Gasteiger partial charge in [0.05, 0.1) is 19.0 Å². The van der Waals surface area contributed by atoms with Crippen molar-refractivity contribution in [2.45, 2.75) is 13.0 Å². The first-order valence-corrected chi connectivity index (χ1v) is 8.36. The number of hydrogen-bond donors (Lipinski definition) is 1. The molecular weight excluding hydrogens is 296 g/mol. The Hall–Kier alpha value is -0.920. The summed E-state index contributed by atoms with van der Waals surface area (Å²) in [6, 6.07) is 0. The van der Waals surface area contributed by atoms with E-state index in [1.54, 1.807) is 0 Å². The van der Waals surface area contributed by atoms with Gasteiger partial charge in [-0.2, -0.15) is 16.8 Å². The molecule has 0 saturated carbocycles. The van der Waals surface area contributed by atoms with Crippen LogP contribution in [0.25, 0.3) is 0 Å². The first kappa shape index (κ1) is 18.1. The summed E-state index contributed by atoms with van der Waals surface area (Å²) in [5, 5.41) is 0. The quantitative estimate of drug-likeness (QED) is 0.272. The fraction of sp³-hybridized carbons (Fsp3) is 0.600. The molecule has 0 aliphatic rings. The molecule has 1 unspecified atom stereocenters. The summed E-state index contributed by atoms with van der Waals surface area (Å²) >= 11 is 0. The van der Waals surface area contributed by atoms with Crippen LogP contribution in [0.2, 0.25) is 0 Å².